The van der Waals surface area contributed by atoms with Crippen LogP contribution in [0.2, 0.25) is 5.02 Å². The summed E-state index contributed by atoms with van der Waals surface area (Å²) in [5, 5.41) is 3.61. The molecular formula is C24H29ClN2O4. The normalized spacial score (nSPS) is 14.7. The van der Waals surface area contributed by atoms with Crippen molar-refractivity contribution in [3.63, 3.8) is 0 Å². The van der Waals surface area contributed by atoms with Crippen LogP contribution in [0.5, 0.6) is 11.5 Å². The highest BCUT2D eigenvalue weighted by Crippen LogP contribution is 2.22. The number of carbonyl (C=O) groups is 2. The van der Waals surface area contributed by atoms with Gasteiger partial charge in [-0.1, -0.05) is 29.8 Å². The lowest BCUT2D eigenvalue weighted by Crippen LogP contribution is -2.49. The molecule has 2 amide bonds. The van der Waals surface area contributed by atoms with Gasteiger partial charge in [0.05, 0.1) is 0 Å². The summed E-state index contributed by atoms with van der Waals surface area (Å²) in [6.45, 7) is 5.43. The van der Waals surface area contributed by atoms with E-state index >= 15 is 0 Å². The Bertz CT molecular complexity index is 863. The lowest BCUT2D eigenvalue weighted by atomic mass is 9.96. The average molecular weight is 445 g/mol. The molecule has 1 heterocycles. The number of benzene rings is 2. The van der Waals surface area contributed by atoms with E-state index in [4.69, 9.17) is 21.1 Å². The molecule has 3 rings (SSSR count). The molecule has 0 spiro atoms. The molecule has 1 saturated heterocycles. The van der Waals surface area contributed by atoms with Gasteiger partial charge in [-0.15, -0.1) is 0 Å². The van der Waals surface area contributed by atoms with E-state index in [0.29, 0.717) is 42.1 Å². The van der Waals surface area contributed by atoms with Crippen molar-refractivity contribution in [3.05, 3.63) is 59.6 Å². The van der Waals surface area contributed by atoms with Gasteiger partial charge >= 0.3 is 0 Å². The summed E-state index contributed by atoms with van der Waals surface area (Å²) in [5.74, 6) is 1.43. The zero-order valence-corrected chi connectivity index (χ0v) is 18.7. The Morgan fingerprint density at radius 3 is 2.32 bits per heavy atom. The molecule has 1 aliphatic rings. The molecular weight excluding hydrogens is 416 g/mol. The van der Waals surface area contributed by atoms with Gasteiger partial charge in [0.25, 0.3) is 11.8 Å². The van der Waals surface area contributed by atoms with Gasteiger partial charge in [-0.3, -0.25) is 9.59 Å². The fraction of sp³-hybridized carbons (Fsp3) is 0.417. The van der Waals surface area contributed by atoms with E-state index in [-0.39, 0.29) is 18.4 Å². The second-order valence-electron chi connectivity index (χ2n) is 8.20. The van der Waals surface area contributed by atoms with Crippen molar-refractivity contribution >= 4 is 23.4 Å². The molecule has 0 atom stereocenters. The average Bonchev–Trinajstić information content (AvgIpc) is 2.78. The number of para-hydroxylation sites is 1. The van der Waals surface area contributed by atoms with Gasteiger partial charge in [-0.2, -0.15) is 0 Å². The van der Waals surface area contributed by atoms with Crippen LogP contribution in [-0.2, 0) is 9.59 Å². The Kier molecular flexibility index (Phi) is 7.80. The van der Waals surface area contributed by atoms with Crippen LogP contribution in [-0.4, -0.2) is 48.6 Å². The lowest BCUT2D eigenvalue weighted by Gasteiger charge is -2.33. The quantitative estimate of drug-likeness (QED) is 0.669. The Labute approximate surface area is 188 Å². The number of nitrogens with zero attached hydrogens (tertiary/aromatic N) is 1. The standard InChI is InChI=1S/C24H29ClN2O4/c1-24(2,31-21-10-8-19(25)9-11-21)23(29)26-16-18-12-14-27(15-13-18)22(28)17-30-20-6-4-3-5-7-20/h3-11,18H,12-17H2,1-2H3,(H,26,29). The Hall–Kier alpha value is -2.73. The van der Waals surface area contributed by atoms with Crippen LogP contribution >= 0.6 is 11.6 Å². The minimum absolute atomic E-state index is 0.0103. The minimum atomic E-state index is -1.00. The first-order valence-electron chi connectivity index (χ1n) is 10.5. The number of hydrogen-bond acceptors (Lipinski definition) is 4. The van der Waals surface area contributed by atoms with Crippen molar-refractivity contribution in [1.29, 1.82) is 0 Å². The maximum atomic E-state index is 12.6. The molecule has 0 radical (unpaired) electrons. The first kappa shape index (κ1) is 22.9. The summed E-state index contributed by atoms with van der Waals surface area (Å²) < 4.78 is 11.4. The number of piperidine rings is 1. The third kappa shape index (κ3) is 6.89. The van der Waals surface area contributed by atoms with Gasteiger partial charge in [0, 0.05) is 24.7 Å². The largest absolute Gasteiger partial charge is 0.484 e. The smallest absolute Gasteiger partial charge is 0.263 e. The fourth-order valence-electron chi connectivity index (χ4n) is 3.43. The molecule has 0 unspecified atom stereocenters. The number of nitrogens with one attached hydrogen (secondary N) is 1. The summed E-state index contributed by atoms with van der Waals surface area (Å²) in [6, 6.07) is 16.3. The van der Waals surface area contributed by atoms with E-state index in [0.717, 1.165) is 12.8 Å². The summed E-state index contributed by atoms with van der Waals surface area (Å²) >= 11 is 5.89. The van der Waals surface area contributed by atoms with Crippen molar-refractivity contribution in [2.45, 2.75) is 32.3 Å². The molecule has 0 bridgehead atoms. The molecule has 0 aromatic heterocycles. The molecule has 6 nitrogen and oxygen atoms in total. The maximum Gasteiger partial charge on any atom is 0.263 e. The Morgan fingerprint density at radius 2 is 1.68 bits per heavy atom. The van der Waals surface area contributed by atoms with Crippen LogP contribution in [0.15, 0.2) is 54.6 Å². The van der Waals surface area contributed by atoms with E-state index in [1.165, 1.54) is 0 Å². The van der Waals surface area contributed by atoms with Gasteiger partial charge in [-0.05, 0) is 69.0 Å². The van der Waals surface area contributed by atoms with Gasteiger partial charge in [0.1, 0.15) is 11.5 Å². The van der Waals surface area contributed by atoms with Crippen molar-refractivity contribution in [2.24, 2.45) is 5.92 Å². The van der Waals surface area contributed by atoms with Gasteiger partial charge in [0.15, 0.2) is 12.2 Å². The van der Waals surface area contributed by atoms with Crippen molar-refractivity contribution in [3.8, 4) is 11.5 Å². The third-order valence-corrected chi connectivity index (χ3v) is 5.61. The van der Waals surface area contributed by atoms with Crippen molar-refractivity contribution in [2.75, 3.05) is 26.2 Å². The molecule has 1 fully saturated rings. The molecule has 2 aromatic rings. The number of rotatable bonds is 8. The van der Waals surface area contributed by atoms with Gasteiger partial charge < -0.3 is 19.7 Å². The monoisotopic (exact) mass is 444 g/mol. The number of likely N-dealkylation sites (tertiary alicyclic amines) is 1. The van der Waals surface area contributed by atoms with Crippen molar-refractivity contribution in [1.82, 2.24) is 10.2 Å². The SMILES string of the molecule is CC(C)(Oc1ccc(Cl)cc1)C(=O)NCC1CCN(C(=O)COc2ccccc2)CC1. The molecule has 1 aliphatic heterocycles. The number of hydrogen-bond donors (Lipinski definition) is 1. The highest BCUT2D eigenvalue weighted by Gasteiger charge is 2.31. The van der Waals surface area contributed by atoms with E-state index in [1.807, 2.05) is 35.2 Å². The zero-order chi connectivity index (χ0) is 22.3. The second-order valence-corrected chi connectivity index (χ2v) is 8.64. The number of amides is 2. The van der Waals surface area contributed by atoms with Crippen LogP contribution in [0.4, 0.5) is 0 Å². The molecule has 0 aliphatic carbocycles. The third-order valence-electron chi connectivity index (χ3n) is 5.36. The van der Waals surface area contributed by atoms with E-state index < -0.39 is 5.60 Å². The molecule has 166 valence electrons. The zero-order valence-electron chi connectivity index (χ0n) is 18.0. The fourth-order valence-corrected chi connectivity index (χ4v) is 3.56. The summed E-state index contributed by atoms with van der Waals surface area (Å²) in [7, 11) is 0. The van der Waals surface area contributed by atoms with E-state index in [1.54, 1.807) is 38.1 Å². The number of carbonyl (C=O) groups excluding carboxylic acids is 2. The first-order chi connectivity index (χ1) is 14.8. The predicted molar refractivity (Wildman–Crippen MR) is 120 cm³/mol. The van der Waals surface area contributed by atoms with E-state index in [2.05, 4.69) is 5.32 Å². The van der Waals surface area contributed by atoms with Crippen molar-refractivity contribution < 1.29 is 19.1 Å². The molecule has 2 aromatic carbocycles. The molecule has 0 saturated carbocycles. The van der Waals surface area contributed by atoms with Crippen LogP contribution in [0.3, 0.4) is 0 Å². The van der Waals surface area contributed by atoms with Crippen LogP contribution in [0.25, 0.3) is 0 Å². The van der Waals surface area contributed by atoms with E-state index in [9.17, 15) is 9.59 Å². The van der Waals surface area contributed by atoms with Crippen LogP contribution in [0, 0.1) is 5.92 Å². The Morgan fingerprint density at radius 1 is 1.03 bits per heavy atom. The number of ether oxygens (including phenoxy) is 2. The lowest BCUT2D eigenvalue weighted by molar-refractivity contribution is -0.136. The van der Waals surface area contributed by atoms with Crippen LogP contribution < -0.4 is 14.8 Å². The maximum absolute atomic E-state index is 12.6. The van der Waals surface area contributed by atoms with Gasteiger partial charge in [-0.25, -0.2) is 0 Å². The molecule has 31 heavy (non-hydrogen) atoms. The highest BCUT2D eigenvalue weighted by atomic mass is 35.5. The Balaban J connectivity index is 1.38. The summed E-state index contributed by atoms with van der Waals surface area (Å²) in [6.07, 6.45) is 1.69. The second kappa shape index (κ2) is 10.5. The molecule has 1 N–H and O–H groups in total. The van der Waals surface area contributed by atoms with Crippen LogP contribution in [0.1, 0.15) is 26.7 Å². The minimum Gasteiger partial charge on any atom is -0.484 e. The summed E-state index contributed by atoms with van der Waals surface area (Å²) in [4.78, 5) is 26.8. The summed E-state index contributed by atoms with van der Waals surface area (Å²) in [5.41, 5.74) is -1.00. The highest BCUT2D eigenvalue weighted by molar-refractivity contribution is 6.30. The predicted octanol–water partition coefficient (Wildman–Crippen LogP) is 3.93. The molecule has 7 heteroatoms. The number of halogens is 1. The van der Waals surface area contributed by atoms with Gasteiger partial charge in [0.2, 0.25) is 0 Å². The topological polar surface area (TPSA) is 67.9 Å². The first-order valence-corrected chi connectivity index (χ1v) is 10.9.